The fourth-order valence-electron chi connectivity index (χ4n) is 2.51. The van der Waals surface area contributed by atoms with Crippen LogP contribution in [0.1, 0.15) is 25.5 Å². The van der Waals surface area contributed by atoms with E-state index in [2.05, 4.69) is 5.32 Å². The van der Waals surface area contributed by atoms with Gasteiger partial charge in [-0.05, 0) is 50.2 Å². The summed E-state index contributed by atoms with van der Waals surface area (Å²) >= 11 is 0. The average Bonchev–Trinajstić information content (AvgIpc) is 2.65. The maximum absolute atomic E-state index is 13.7. The highest BCUT2D eigenvalue weighted by atomic mass is 19.1. The molecule has 7 heteroatoms. The maximum Gasteiger partial charge on any atom is 0.275 e. The molecule has 0 bridgehead atoms. The van der Waals surface area contributed by atoms with Crippen LogP contribution >= 0.6 is 0 Å². The van der Waals surface area contributed by atoms with E-state index in [4.69, 9.17) is 9.47 Å². The molecule has 2 aromatic carbocycles. The summed E-state index contributed by atoms with van der Waals surface area (Å²) < 4.78 is 37.6. The van der Waals surface area contributed by atoms with E-state index in [1.807, 2.05) is 19.1 Å². The standard InChI is InChI=1S/C20H24F2N2O3/c1-3-26-16-5-7-17(8-6-16)27-11-10-23-20(25)13-24-14(2)18-9-4-15(21)12-19(18)22/h4-9,12,14,24H,3,10-11,13H2,1-2H3,(H,23,25)/p+1/t14-/m0/s1. The van der Waals surface area contributed by atoms with Crippen molar-refractivity contribution in [2.75, 3.05) is 26.3 Å². The van der Waals surface area contributed by atoms with Crippen LogP contribution in [0.4, 0.5) is 8.78 Å². The topological polar surface area (TPSA) is 64.2 Å². The summed E-state index contributed by atoms with van der Waals surface area (Å²) in [4.78, 5) is 11.9. The van der Waals surface area contributed by atoms with Crippen LogP contribution in [0.5, 0.6) is 11.5 Å². The molecule has 1 atom stereocenters. The summed E-state index contributed by atoms with van der Waals surface area (Å²) in [5.41, 5.74) is 0.364. The first-order chi connectivity index (χ1) is 13.0. The molecule has 0 aromatic heterocycles. The first kappa shape index (κ1) is 20.6. The zero-order chi connectivity index (χ0) is 19.6. The van der Waals surface area contributed by atoms with E-state index in [1.54, 1.807) is 24.4 Å². The van der Waals surface area contributed by atoms with E-state index in [9.17, 15) is 13.6 Å². The van der Waals surface area contributed by atoms with Gasteiger partial charge in [0.15, 0.2) is 6.54 Å². The summed E-state index contributed by atoms with van der Waals surface area (Å²) in [5, 5.41) is 4.43. The molecular weight excluding hydrogens is 354 g/mol. The molecule has 2 aromatic rings. The minimum absolute atomic E-state index is 0.140. The summed E-state index contributed by atoms with van der Waals surface area (Å²) in [5.74, 6) is 0.0661. The van der Waals surface area contributed by atoms with Crippen molar-refractivity contribution in [3.63, 3.8) is 0 Å². The Bertz CT molecular complexity index is 739. The molecule has 146 valence electrons. The second-order valence-corrected chi connectivity index (χ2v) is 6.00. The number of amides is 1. The zero-order valence-corrected chi connectivity index (χ0v) is 15.5. The van der Waals surface area contributed by atoms with Crippen LogP contribution in [-0.2, 0) is 4.79 Å². The van der Waals surface area contributed by atoms with Crippen molar-refractivity contribution in [1.82, 2.24) is 5.32 Å². The molecule has 0 unspecified atom stereocenters. The van der Waals surface area contributed by atoms with Gasteiger partial charge in [0.1, 0.15) is 35.8 Å². The Kier molecular flexibility index (Phi) is 8.00. The Morgan fingerprint density at radius 3 is 2.41 bits per heavy atom. The maximum atomic E-state index is 13.7. The van der Waals surface area contributed by atoms with E-state index in [1.165, 1.54) is 12.1 Å². The number of quaternary nitrogens is 1. The fourth-order valence-corrected chi connectivity index (χ4v) is 2.51. The number of hydrogen-bond acceptors (Lipinski definition) is 3. The third-order valence-corrected chi connectivity index (χ3v) is 3.94. The van der Waals surface area contributed by atoms with Gasteiger partial charge in [-0.1, -0.05) is 0 Å². The Labute approximate surface area is 157 Å². The van der Waals surface area contributed by atoms with Crippen molar-refractivity contribution in [2.45, 2.75) is 19.9 Å². The van der Waals surface area contributed by atoms with Gasteiger partial charge in [0.05, 0.1) is 13.2 Å². The van der Waals surface area contributed by atoms with Crippen LogP contribution in [0.15, 0.2) is 42.5 Å². The lowest BCUT2D eigenvalue weighted by molar-refractivity contribution is -0.682. The number of ether oxygens (including phenoxy) is 2. The predicted octanol–water partition coefficient (Wildman–Crippen LogP) is 2.18. The van der Waals surface area contributed by atoms with Gasteiger partial charge in [-0.25, -0.2) is 8.78 Å². The minimum atomic E-state index is -0.617. The van der Waals surface area contributed by atoms with Crippen LogP contribution < -0.4 is 20.1 Å². The van der Waals surface area contributed by atoms with Gasteiger partial charge in [0.2, 0.25) is 0 Å². The first-order valence-corrected chi connectivity index (χ1v) is 8.90. The van der Waals surface area contributed by atoms with Crippen LogP contribution in [-0.4, -0.2) is 32.2 Å². The van der Waals surface area contributed by atoms with Crippen molar-refractivity contribution in [3.8, 4) is 11.5 Å². The van der Waals surface area contributed by atoms with Gasteiger partial charge in [0.25, 0.3) is 5.91 Å². The molecule has 2 rings (SSSR count). The van der Waals surface area contributed by atoms with Crippen LogP contribution in [0.2, 0.25) is 0 Å². The second-order valence-electron chi connectivity index (χ2n) is 6.00. The van der Waals surface area contributed by atoms with E-state index in [0.29, 0.717) is 31.1 Å². The molecule has 0 heterocycles. The Balaban J connectivity index is 1.65. The van der Waals surface area contributed by atoms with Gasteiger partial charge >= 0.3 is 0 Å². The Morgan fingerprint density at radius 2 is 1.78 bits per heavy atom. The molecule has 1 amide bonds. The number of nitrogens with one attached hydrogen (secondary N) is 1. The number of carbonyl (C=O) groups is 1. The number of halogens is 2. The number of hydrogen-bond donors (Lipinski definition) is 2. The number of carbonyl (C=O) groups excluding carboxylic acids is 1. The summed E-state index contributed by atoms with van der Waals surface area (Å²) in [6.07, 6.45) is 0. The molecule has 0 radical (unpaired) electrons. The van der Waals surface area contributed by atoms with Crippen LogP contribution in [0.25, 0.3) is 0 Å². The molecule has 0 saturated carbocycles. The van der Waals surface area contributed by atoms with Crippen molar-refractivity contribution >= 4 is 5.91 Å². The van der Waals surface area contributed by atoms with Gasteiger partial charge in [-0.3, -0.25) is 4.79 Å². The van der Waals surface area contributed by atoms with E-state index < -0.39 is 11.6 Å². The quantitative estimate of drug-likeness (QED) is 0.622. The summed E-state index contributed by atoms with van der Waals surface area (Å²) in [6.45, 7) is 5.12. The zero-order valence-electron chi connectivity index (χ0n) is 15.5. The lowest BCUT2D eigenvalue weighted by Crippen LogP contribution is -2.87. The van der Waals surface area contributed by atoms with Crippen LogP contribution in [0, 0.1) is 11.6 Å². The van der Waals surface area contributed by atoms with E-state index >= 15 is 0 Å². The minimum Gasteiger partial charge on any atom is -0.494 e. The molecule has 5 nitrogen and oxygen atoms in total. The molecule has 0 aliphatic carbocycles. The molecule has 27 heavy (non-hydrogen) atoms. The van der Waals surface area contributed by atoms with Gasteiger partial charge in [-0.15, -0.1) is 0 Å². The highest BCUT2D eigenvalue weighted by Crippen LogP contribution is 2.17. The van der Waals surface area contributed by atoms with Crippen molar-refractivity contribution in [1.29, 1.82) is 0 Å². The molecular formula is C20H25F2N2O3+. The average molecular weight is 379 g/mol. The van der Waals surface area contributed by atoms with Crippen LogP contribution in [0.3, 0.4) is 0 Å². The monoisotopic (exact) mass is 379 g/mol. The number of nitrogens with two attached hydrogens (primary N) is 1. The largest absolute Gasteiger partial charge is 0.494 e. The summed E-state index contributed by atoms with van der Waals surface area (Å²) in [7, 11) is 0. The number of rotatable bonds is 10. The molecule has 0 fully saturated rings. The lowest BCUT2D eigenvalue weighted by Gasteiger charge is -2.12. The van der Waals surface area contributed by atoms with Gasteiger partial charge < -0.3 is 20.1 Å². The molecule has 0 saturated heterocycles. The highest BCUT2D eigenvalue weighted by molar-refractivity contribution is 5.76. The predicted molar refractivity (Wildman–Crippen MR) is 97.7 cm³/mol. The lowest BCUT2D eigenvalue weighted by atomic mass is 10.1. The molecule has 0 spiro atoms. The molecule has 3 N–H and O–H groups in total. The van der Waals surface area contributed by atoms with Crippen molar-refractivity contribution < 1.29 is 28.4 Å². The number of benzene rings is 2. The third kappa shape index (κ3) is 6.86. The van der Waals surface area contributed by atoms with Gasteiger partial charge in [-0.2, -0.15) is 0 Å². The van der Waals surface area contributed by atoms with E-state index in [0.717, 1.165) is 11.8 Å². The summed E-state index contributed by atoms with van der Waals surface area (Å²) in [6, 6.07) is 10.4. The molecule has 0 aliphatic rings. The van der Waals surface area contributed by atoms with E-state index in [-0.39, 0.29) is 18.5 Å². The smallest absolute Gasteiger partial charge is 0.275 e. The third-order valence-electron chi connectivity index (χ3n) is 3.94. The van der Waals surface area contributed by atoms with Gasteiger partial charge in [0, 0.05) is 11.6 Å². The second kappa shape index (κ2) is 10.5. The Hall–Kier alpha value is -2.67. The normalized spacial score (nSPS) is 11.7. The molecule has 0 aliphatic heterocycles. The Morgan fingerprint density at radius 1 is 1.11 bits per heavy atom. The SMILES string of the molecule is CCOc1ccc(OCCNC(=O)C[NH2+][C@@H](C)c2ccc(F)cc2F)cc1. The van der Waals surface area contributed by atoms with Crippen molar-refractivity contribution in [3.05, 3.63) is 59.7 Å². The fraction of sp³-hybridized carbons (Fsp3) is 0.350. The van der Waals surface area contributed by atoms with Crippen molar-refractivity contribution in [2.24, 2.45) is 0 Å². The first-order valence-electron chi connectivity index (χ1n) is 8.90. The highest BCUT2D eigenvalue weighted by Gasteiger charge is 2.15.